The van der Waals surface area contributed by atoms with Crippen molar-refractivity contribution < 1.29 is 14.4 Å². The zero-order chi connectivity index (χ0) is 20.4. The zero-order valence-electron chi connectivity index (χ0n) is 16.6. The number of piperazine rings is 1. The number of carbonyl (C=O) groups excluding carboxylic acids is 3. The van der Waals surface area contributed by atoms with E-state index < -0.39 is 0 Å². The Balaban J connectivity index is 1.36. The van der Waals surface area contributed by atoms with Crippen molar-refractivity contribution in [1.82, 2.24) is 9.80 Å². The molecule has 2 saturated heterocycles. The number of ketones is 1. The molecule has 0 aromatic heterocycles. The van der Waals surface area contributed by atoms with Crippen LogP contribution in [0.3, 0.4) is 0 Å². The Kier molecular flexibility index (Phi) is 5.45. The first-order chi connectivity index (χ1) is 14.0. The lowest BCUT2D eigenvalue weighted by molar-refractivity contribution is -0.140. The minimum atomic E-state index is -0.353. The fourth-order valence-corrected chi connectivity index (χ4v) is 4.08. The van der Waals surface area contributed by atoms with Crippen molar-refractivity contribution in [2.45, 2.75) is 25.9 Å². The van der Waals surface area contributed by atoms with Gasteiger partial charge in [-0.15, -0.1) is 0 Å². The van der Waals surface area contributed by atoms with Crippen LogP contribution in [-0.4, -0.2) is 59.6 Å². The Morgan fingerprint density at radius 3 is 2.21 bits per heavy atom. The van der Waals surface area contributed by atoms with Gasteiger partial charge in [0.1, 0.15) is 0 Å². The molecule has 2 aliphatic heterocycles. The monoisotopic (exact) mass is 391 g/mol. The summed E-state index contributed by atoms with van der Waals surface area (Å²) in [6.07, 6.45) is 0.263. The second-order valence-electron chi connectivity index (χ2n) is 7.65. The van der Waals surface area contributed by atoms with Gasteiger partial charge < -0.3 is 4.90 Å². The first-order valence-electron chi connectivity index (χ1n) is 10.0. The molecule has 2 heterocycles. The molecular formula is C23H25N3O3. The SMILES string of the molecule is CC(=O)c1ccc(N2CCN([C@@H]3CC(=O)N(Cc4ccccc4)C3=O)CC2)cc1. The lowest BCUT2D eigenvalue weighted by atomic mass is 10.1. The summed E-state index contributed by atoms with van der Waals surface area (Å²) in [7, 11) is 0. The number of carbonyl (C=O) groups is 3. The fourth-order valence-electron chi connectivity index (χ4n) is 4.08. The van der Waals surface area contributed by atoms with Gasteiger partial charge in [-0.1, -0.05) is 30.3 Å². The molecule has 2 aromatic rings. The van der Waals surface area contributed by atoms with E-state index >= 15 is 0 Å². The average molecular weight is 391 g/mol. The topological polar surface area (TPSA) is 60.9 Å². The molecule has 6 nitrogen and oxygen atoms in total. The Morgan fingerprint density at radius 1 is 0.931 bits per heavy atom. The van der Waals surface area contributed by atoms with Crippen LogP contribution in [0.15, 0.2) is 54.6 Å². The van der Waals surface area contributed by atoms with Crippen LogP contribution in [-0.2, 0) is 16.1 Å². The maximum atomic E-state index is 12.9. The van der Waals surface area contributed by atoms with Crippen molar-refractivity contribution in [2.24, 2.45) is 0 Å². The first-order valence-corrected chi connectivity index (χ1v) is 10.0. The molecule has 2 amide bonds. The van der Waals surface area contributed by atoms with Gasteiger partial charge >= 0.3 is 0 Å². The van der Waals surface area contributed by atoms with E-state index in [1.54, 1.807) is 6.92 Å². The highest BCUT2D eigenvalue weighted by Gasteiger charge is 2.42. The van der Waals surface area contributed by atoms with Gasteiger partial charge in [0.15, 0.2) is 5.78 Å². The number of imide groups is 1. The molecule has 150 valence electrons. The van der Waals surface area contributed by atoms with Crippen molar-refractivity contribution in [1.29, 1.82) is 0 Å². The second kappa shape index (κ2) is 8.17. The Morgan fingerprint density at radius 2 is 1.59 bits per heavy atom. The van der Waals surface area contributed by atoms with Gasteiger partial charge in [-0.3, -0.25) is 24.2 Å². The lowest BCUT2D eigenvalue weighted by Crippen LogP contribution is -2.52. The Hall–Kier alpha value is -2.99. The molecule has 2 aromatic carbocycles. The summed E-state index contributed by atoms with van der Waals surface area (Å²) in [4.78, 5) is 42.6. The van der Waals surface area contributed by atoms with Gasteiger partial charge in [0.25, 0.3) is 0 Å². The van der Waals surface area contributed by atoms with Crippen molar-refractivity contribution in [3.63, 3.8) is 0 Å². The van der Waals surface area contributed by atoms with Crippen molar-refractivity contribution in [2.75, 3.05) is 31.1 Å². The summed E-state index contributed by atoms with van der Waals surface area (Å²) in [6.45, 7) is 4.95. The largest absolute Gasteiger partial charge is 0.369 e. The number of benzene rings is 2. The molecule has 1 atom stereocenters. The number of rotatable bonds is 5. The van der Waals surface area contributed by atoms with Gasteiger partial charge in [0.2, 0.25) is 11.8 Å². The molecule has 4 rings (SSSR count). The number of hydrogen-bond donors (Lipinski definition) is 0. The molecule has 0 spiro atoms. The quantitative estimate of drug-likeness (QED) is 0.578. The predicted octanol–water partition coefficient (Wildman–Crippen LogP) is 2.34. The average Bonchev–Trinajstić information content (AvgIpc) is 3.03. The second-order valence-corrected chi connectivity index (χ2v) is 7.65. The summed E-state index contributed by atoms with van der Waals surface area (Å²) in [5.41, 5.74) is 2.75. The van der Waals surface area contributed by atoms with E-state index in [1.807, 2.05) is 54.6 Å². The molecule has 0 N–H and O–H groups in total. The van der Waals surface area contributed by atoms with E-state index in [2.05, 4.69) is 9.80 Å². The number of hydrogen-bond acceptors (Lipinski definition) is 5. The van der Waals surface area contributed by atoms with Crippen LogP contribution in [0.25, 0.3) is 0 Å². The number of nitrogens with zero attached hydrogens (tertiary/aromatic N) is 3. The van der Waals surface area contributed by atoms with E-state index in [9.17, 15) is 14.4 Å². The standard InChI is InChI=1S/C23H25N3O3/c1-17(27)19-7-9-20(10-8-19)24-11-13-25(14-12-24)21-15-22(28)26(23(21)29)16-18-5-3-2-4-6-18/h2-10,21H,11-16H2,1H3/t21-/m1/s1. The number of amides is 2. The normalized spacial score (nSPS) is 20.4. The molecule has 0 bridgehead atoms. The maximum absolute atomic E-state index is 12.9. The first kappa shape index (κ1) is 19.3. The number of likely N-dealkylation sites (tertiary alicyclic amines) is 1. The molecule has 0 radical (unpaired) electrons. The van der Waals surface area contributed by atoms with Crippen LogP contribution in [0.1, 0.15) is 29.3 Å². The third kappa shape index (κ3) is 4.07. The summed E-state index contributed by atoms with van der Waals surface area (Å²) < 4.78 is 0. The lowest BCUT2D eigenvalue weighted by Gasteiger charge is -2.38. The Bertz CT molecular complexity index is 903. The summed E-state index contributed by atoms with van der Waals surface area (Å²) in [5, 5.41) is 0. The van der Waals surface area contributed by atoms with Crippen LogP contribution >= 0.6 is 0 Å². The molecule has 2 fully saturated rings. The van der Waals surface area contributed by atoms with Gasteiger partial charge in [-0.2, -0.15) is 0 Å². The van der Waals surface area contributed by atoms with Gasteiger partial charge in [-0.25, -0.2) is 0 Å². The highest BCUT2D eigenvalue weighted by atomic mass is 16.2. The third-order valence-electron chi connectivity index (χ3n) is 5.80. The Labute approximate surface area is 170 Å². The molecular weight excluding hydrogens is 366 g/mol. The fraction of sp³-hybridized carbons (Fsp3) is 0.348. The minimum absolute atomic E-state index is 0.0610. The molecule has 0 aliphatic carbocycles. The zero-order valence-corrected chi connectivity index (χ0v) is 16.6. The highest BCUT2D eigenvalue weighted by Crippen LogP contribution is 2.24. The molecule has 2 aliphatic rings. The van der Waals surface area contributed by atoms with Crippen LogP contribution in [0.4, 0.5) is 5.69 Å². The van der Waals surface area contributed by atoms with Gasteiger partial charge in [-0.05, 0) is 36.8 Å². The smallest absolute Gasteiger partial charge is 0.247 e. The van der Waals surface area contributed by atoms with E-state index in [4.69, 9.17) is 0 Å². The number of Topliss-reactive ketones (excluding diaryl/α,β-unsaturated/α-hetero) is 1. The van der Waals surface area contributed by atoms with Crippen LogP contribution in [0.5, 0.6) is 0 Å². The molecule has 0 saturated carbocycles. The minimum Gasteiger partial charge on any atom is -0.369 e. The van der Waals surface area contributed by atoms with Crippen LogP contribution in [0, 0.1) is 0 Å². The van der Waals surface area contributed by atoms with Gasteiger partial charge in [0, 0.05) is 37.4 Å². The summed E-state index contributed by atoms with van der Waals surface area (Å²) in [5.74, 6) is -0.116. The van der Waals surface area contributed by atoms with E-state index in [-0.39, 0.29) is 30.1 Å². The molecule has 29 heavy (non-hydrogen) atoms. The summed E-state index contributed by atoms with van der Waals surface area (Å²) in [6, 6.07) is 16.9. The third-order valence-corrected chi connectivity index (χ3v) is 5.80. The highest BCUT2D eigenvalue weighted by molar-refractivity contribution is 6.05. The van der Waals surface area contributed by atoms with E-state index in [0.29, 0.717) is 12.1 Å². The van der Waals surface area contributed by atoms with Crippen molar-refractivity contribution in [3.8, 4) is 0 Å². The summed E-state index contributed by atoms with van der Waals surface area (Å²) >= 11 is 0. The van der Waals surface area contributed by atoms with Crippen molar-refractivity contribution >= 4 is 23.3 Å². The molecule has 6 heteroatoms. The van der Waals surface area contributed by atoms with E-state index in [1.165, 1.54) is 4.90 Å². The van der Waals surface area contributed by atoms with Crippen LogP contribution in [0.2, 0.25) is 0 Å². The molecule has 0 unspecified atom stereocenters. The predicted molar refractivity (Wildman–Crippen MR) is 111 cm³/mol. The van der Waals surface area contributed by atoms with Gasteiger partial charge in [0.05, 0.1) is 19.0 Å². The van der Waals surface area contributed by atoms with E-state index in [0.717, 1.165) is 37.4 Å². The maximum Gasteiger partial charge on any atom is 0.247 e. The van der Waals surface area contributed by atoms with Crippen LogP contribution < -0.4 is 4.90 Å². The van der Waals surface area contributed by atoms with Crippen molar-refractivity contribution in [3.05, 3.63) is 65.7 Å². The number of anilines is 1.